The van der Waals surface area contributed by atoms with E-state index in [0.29, 0.717) is 0 Å². The van der Waals surface area contributed by atoms with Crippen LogP contribution in [0.1, 0.15) is 0 Å². The molecule has 1 N–H and O–H groups in total. The van der Waals surface area contributed by atoms with Crippen molar-refractivity contribution >= 4 is 48.8 Å². The summed E-state index contributed by atoms with van der Waals surface area (Å²) < 4.78 is 1.08. The van der Waals surface area contributed by atoms with Gasteiger partial charge in [-0.15, -0.1) is 0 Å². The molecule has 0 aliphatic heterocycles. The third kappa shape index (κ3) is 3.98. The van der Waals surface area contributed by atoms with E-state index in [2.05, 4.69) is 137 Å². The van der Waals surface area contributed by atoms with Crippen molar-refractivity contribution < 1.29 is 0 Å². The minimum absolute atomic E-state index is 1.07. The van der Waals surface area contributed by atoms with Crippen LogP contribution in [-0.4, -0.2) is 0 Å². The van der Waals surface area contributed by atoms with E-state index in [0.717, 1.165) is 15.8 Å². The fraction of sp³-hybridized carbons (Fsp3) is 0. The van der Waals surface area contributed by atoms with E-state index in [1.807, 2.05) is 12.1 Å². The van der Waals surface area contributed by atoms with E-state index in [1.54, 1.807) is 0 Å². The highest BCUT2D eigenvalue weighted by molar-refractivity contribution is 9.10. The number of nitrogens with one attached hydrogen (secondary N) is 1. The van der Waals surface area contributed by atoms with Crippen LogP contribution in [0.4, 0.5) is 11.4 Å². The predicted molar refractivity (Wildman–Crippen MR) is 150 cm³/mol. The second-order valence-electron chi connectivity index (χ2n) is 8.48. The minimum Gasteiger partial charge on any atom is -0.356 e. The topological polar surface area (TPSA) is 12.0 Å². The predicted octanol–water partition coefficient (Wildman–Crippen LogP) is 9.83. The number of benzene rings is 6. The molecule has 0 aromatic heterocycles. The Morgan fingerprint density at radius 2 is 1.12 bits per heavy atom. The Bertz CT molecular complexity index is 1620. The molecule has 34 heavy (non-hydrogen) atoms. The van der Waals surface area contributed by atoms with Gasteiger partial charge in [-0.1, -0.05) is 101 Å². The molecular weight excluding hydrogens is 478 g/mol. The van der Waals surface area contributed by atoms with Gasteiger partial charge in [0.2, 0.25) is 0 Å². The van der Waals surface area contributed by atoms with Crippen LogP contribution in [0, 0.1) is 0 Å². The Morgan fingerprint density at radius 3 is 1.94 bits per heavy atom. The van der Waals surface area contributed by atoms with Gasteiger partial charge in [0.05, 0.1) is 0 Å². The van der Waals surface area contributed by atoms with Crippen molar-refractivity contribution in [1.29, 1.82) is 0 Å². The average Bonchev–Trinajstić information content (AvgIpc) is 2.90. The van der Waals surface area contributed by atoms with E-state index in [9.17, 15) is 0 Å². The molecule has 0 atom stereocenters. The zero-order valence-corrected chi connectivity index (χ0v) is 20.1. The van der Waals surface area contributed by atoms with E-state index in [-0.39, 0.29) is 0 Å². The van der Waals surface area contributed by atoms with Crippen molar-refractivity contribution in [2.45, 2.75) is 0 Å². The van der Waals surface area contributed by atoms with Crippen molar-refractivity contribution in [3.05, 3.63) is 132 Å². The van der Waals surface area contributed by atoms with Crippen LogP contribution >= 0.6 is 15.9 Å². The van der Waals surface area contributed by atoms with Gasteiger partial charge in [0, 0.05) is 15.8 Å². The maximum Gasteiger partial charge on any atom is 0.0384 e. The maximum absolute atomic E-state index is 3.48. The molecule has 0 saturated carbocycles. The van der Waals surface area contributed by atoms with Crippen LogP contribution in [0.2, 0.25) is 0 Å². The lowest BCUT2D eigenvalue weighted by atomic mass is 9.93. The Hall–Kier alpha value is -3.88. The summed E-state index contributed by atoms with van der Waals surface area (Å²) in [5, 5.41) is 8.61. The zero-order chi connectivity index (χ0) is 22.9. The summed E-state index contributed by atoms with van der Waals surface area (Å²) in [4.78, 5) is 0. The minimum atomic E-state index is 1.07. The lowest BCUT2D eigenvalue weighted by Crippen LogP contribution is -1.90. The molecule has 6 aromatic carbocycles. The summed E-state index contributed by atoms with van der Waals surface area (Å²) >= 11 is 3.48. The van der Waals surface area contributed by atoms with Crippen LogP contribution in [-0.2, 0) is 0 Å². The molecule has 0 spiro atoms. The average molecular weight is 500 g/mol. The van der Waals surface area contributed by atoms with Gasteiger partial charge < -0.3 is 5.32 Å². The van der Waals surface area contributed by atoms with E-state index >= 15 is 0 Å². The first-order valence-electron chi connectivity index (χ1n) is 11.4. The number of rotatable bonds is 4. The number of hydrogen-bond acceptors (Lipinski definition) is 1. The fourth-order valence-corrected chi connectivity index (χ4v) is 4.87. The molecule has 0 bridgehead atoms. The standard InChI is InChI=1S/C32H22BrN/c33-26-14-18-28(19-15-26)34-27-16-11-22(12-17-27)24-6-3-7-25(21-24)30-9-4-10-31-29-8-2-1-5-23(29)13-20-32(30)31/h1-21,34H. The third-order valence-corrected chi connectivity index (χ3v) is 6.84. The summed E-state index contributed by atoms with van der Waals surface area (Å²) in [6.07, 6.45) is 0. The van der Waals surface area contributed by atoms with Crippen LogP contribution < -0.4 is 5.32 Å². The molecule has 2 heteroatoms. The van der Waals surface area contributed by atoms with E-state index in [4.69, 9.17) is 0 Å². The number of hydrogen-bond donors (Lipinski definition) is 1. The molecular formula is C32H22BrN. The van der Waals surface area contributed by atoms with Crippen molar-refractivity contribution in [2.75, 3.05) is 5.32 Å². The number of halogens is 1. The summed E-state index contributed by atoms with van der Waals surface area (Å²) in [6, 6.07) is 45.4. The van der Waals surface area contributed by atoms with Gasteiger partial charge in [0.25, 0.3) is 0 Å². The van der Waals surface area contributed by atoms with Crippen molar-refractivity contribution in [1.82, 2.24) is 0 Å². The third-order valence-electron chi connectivity index (χ3n) is 6.31. The van der Waals surface area contributed by atoms with Crippen LogP contribution in [0.25, 0.3) is 43.8 Å². The van der Waals surface area contributed by atoms with Gasteiger partial charge in [-0.3, -0.25) is 0 Å². The fourth-order valence-electron chi connectivity index (χ4n) is 4.60. The Labute approximate surface area is 207 Å². The largest absolute Gasteiger partial charge is 0.356 e. The quantitative estimate of drug-likeness (QED) is 0.238. The Balaban J connectivity index is 1.34. The molecule has 0 aliphatic rings. The molecule has 0 radical (unpaired) electrons. The summed E-state index contributed by atoms with van der Waals surface area (Å²) in [5.74, 6) is 0. The Morgan fingerprint density at radius 1 is 0.441 bits per heavy atom. The van der Waals surface area contributed by atoms with Crippen molar-refractivity contribution in [2.24, 2.45) is 0 Å². The van der Waals surface area contributed by atoms with Gasteiger partial charge >= 0.3 is 0 Å². The number of fused-ring (bicyclic) bond motifs is 3. The first-order chi connectivity index (χ1) is 16.7. The monoisotopic (exact) mass is 499 g/mol. The van der Waals surface area contributed by atoms with E-state index in [1.165, 1.54) is 43.8 Å². The van der Waals surface area contributed by atoms with Gasteiger partial charge in [0.1, 0.15) is 0 Å². The highest BCUT2D eigenvalue weighted by Gasteiger charge is 2.08. The SMILES string of the molecule is Brc1ccc(Nc2ccc(-c3cccc(-c4cccc5c4ccc4ccccc45)c3)cc2)cc1. The Kier molecular flexibility index (Phi) is 5.37. The highest BCUT2D eigenvalue weighted by Crippen LogP contribution is 2.35. The summed E-state index contributed by atoms with van der Waals surface area (Å²) in [7, 11) is 0. The molecule has 0 unspecified atom stereocenters. The molecule has 0 saturated heterocycles. The van der Waals surface area contributed by atoms with Gasteiger partial charge in [0.15, 0.2) is 0 Å². The first kappa shape index (κ1) is 20.7. The smallest absolute Gasteiger partial charge is 0.0384 e. The highest BCUT2D eigenvalue weighted by atomic mass is 79.9. The first-order valence-corrected chi connectivity index (χ1v) is 12.2. The number of anilines is 2. The summed E-state index contributed by atoms with van der Waals surface area (Å²) in [5.41, 5.74) is 7.05. The second-order valence-corrected chi connectivity index (χ2v) is 9.39. The van der Waals surface area contributed by atoms with Crippen molar-refractivity contribution in [3.63, 3.8) is 0 Å². The van der Waals surface area contributed by atoms with Crippen LogP contribution in [0.5, 0.6) is 0 Å². The zero-order valence-electron chi connectivity index (χ0n) is 18.5. The van der Waals surface area contributed by atoms with Crippen molar-refractivity contribution in [3.8, 4) is 22.3 Å². The molecule has 0 aliphatic carbocycles. The van der Waals surface area contributed by atoms with Gasteiger partial charge in [-0.05, 0) is 86.3 Å². The van der Waals surface area contributed by atoms with Crippen LogP contribution in [0.3, 0.4) is 0 Å². The molecule has 0 heterocycles. The molecule has 6 aromatic rings. The normalized spacial score (nSPS) is 11.1. The molecule has 0 fully saturated rings. The second kappa shape index (κ2) is 8.81. The maximum atomic E-state index is 3.48. The molecule has 162 valence electrons. The van der Waals surface area contributed by atoms with Gasteiger partial charge in [-0.2, -0.15) is 0 Å². The molecule has 0 amide bonds. The summed E-state index contributed by atoms with van der Waals surface area (Å²) in [6.45, 7) is 0. The molecule has 6 rings (SSSR count). The van der Waals surface area contributed by atoms with E-state index < -0.39 is 0 Å². The van der Waals surface area contributed by atoms with Crippen LogP contribution in [0.15, 0.2) is 132 Å². The lowest BCUT2D eigenvalue weighted by Gasteiger charge is -2.12. The van der Waals surface area contributed by atoms with Gasteiger partial charge in [-0.25, -0.2) is 0 Å². The lowest BCUT2D eigenvalue weighted by molar-refractivity contribution is 1.53. The molecule has 1 nitrogen and oxygen atoms in total.